The minimum absolute atomic E-state index is 0.00406. The summed E-state index contributed by atoms with van der Waals surface area (Å²) in [6.45, 7) is 0.433. The normalized spacial score (nSPS) is 24.8. The third kappa shape index (κ3) is 16.4. The molecule has 368 valence electrons. The summed E-state index contributed by atoms with van der Waals surface area (Å²) < 4.78 is 13.6. The van der Waals surface area contributed by atoms with Gasteiger partial charge in [0.15, 0.2) is 11.9 Å². The van der Waals surface area contributed by atoms with Gasteiger partial charge < -0.3 is 70.8 Å². The lowest BCUT2D eigenvalue weighted by Gasteiger charge is -2.33. The summed E-state index contributed by atoms with van der Waals surface area (Å²) in [7, 11) is 1.94. The van der Waals surface area contributed by atoms with Crippen molar-refractivity contribution in [3.63, 3.8) is 0 Å². The molecule has 3 fully saturated rings. The van der Waals surface area contributed by atoms with Crippen molar-refractivity contribution in [2.24, 2.45) is 44.4 Å². The van der Waals surface area contributed by atoms with Crippen LogP contribution in [0.4, 0.5) is 4.39 Å². The zero-order valence-electron chi connectivity index (χ0n) is 36.7. The number of guanidine groups is 2. The lowest BCUT2D eigenvalue weighted by atomic mass is 10.1. The Morgan fingerprint density at radius 1 is 0.701 bits per heavy atom. The van der Waals surface area contributed by atoms with Gasteiger partial charge in [-0.05, 0) is 69.9 Å². The molecule has 4 heterocycles. The molecule has 67 heavy (non-hydrogen) atoms. The van der Waals surface area contributed by atoms with E-state index >= 15 is 0 Å². The first-order valence-electron chi connectivity index (χ1n) is 21.5. The fraction of sp³-hybridized carbons (Fsp3) is 0.590. The van der Waals surface area contributed by atoms with E-state index in [1.165, 1.54) is 9.80 Å². The lowest BCUT2D eigenvalue weighted by molar-refractivity contribution is -0.148. The van der Waals surface area contributed by atoms with Gasteiger partial charge in [-0.2, -0.15) is 4.39 Å². The molecule has 0 unspecified atom stereocenters. The number of hydrogen-bond donors (Lipinski definition) is 11. The zero-order chi connectivity index (χ0) is 49.2. The van der Waals surface area contributed by atoms with E-state index in [1.807, 2.05) is 0 Å². The van der Waals surface area contributed by atoms with Gasteiger partial charge in [0, 0.05) is 50.3 Å². The van der Waals surface area contributed by atoms with Crippen LogP contribution >= 0.6 is 21.6 Å². The molecule has 3 aliphatic rings. The van der Waals surface area contributed by atoms with Crippen LogP contribution in [0.25, 0.3) is 0 Å². The smallest absolute Gasteiger partial charge is 0.253 e. The fourth-order valence-corrected chi connectivity index (χ4v) is 9.86. The molecule has 0 spiro atoms. The third-order valence-electron chi connectivity index (χ3n) is 10.9. The minimum atomic E-state index is -1.51. The first-order valence-corrected chi connectivity index (χ1v) is 24.0. The van der Waals surface area contributed by atoms with Gasteiger partial charge in [0.25, 0.3) is 5.91 Å². The Kier molecular flexibility index (Phi) is 20.7. The summed E-state index contributed by atoms with van der Waals surface area (Å²) in [4.78, 5) is 137. The highest BCUT2D eigenvalue weighted by Gasteiger charge is 2.44. The van der Waals surface area contributed by atoms with Crippen molar-refractivity contribution in [1.82, 2.24) is 41.4 Å². The molecule has 0 aromatic carbocycles. The van der Waals surface area contributed by atoms with Gasteiger partial charge in [-0.25, -0.2) is 4.98 Å². The number of carbonyl (C=O) groups is 9. The van der Waals surface area contributed by atoms with Crippen LogP contribution in [0.15, 0.2) is 28.3 Å². The summed E-state index contributed by atoms with van der Waals surface area (Å²) in [5.41, 5.74) is 32.9. The van der Waals surface area contributed by atoms with E-state index in [0.29, 0.717) is 12.8 Å². The molecule has 0 bridgehead atoms. The van der Waals surface area contributed by atoms with Crippen LogP contribution in [0.5, 0.6) is 0 Å². The van der Waals surface area contributed by atoms with Gasteiger partial charge in [0.05, 0.1) is 5.56 Å². The third-order valence-corrected chi connectivity index (χ3v) is 13.4. The number of halogens is 1. The maximum atomic E-state index is 14.5. The maximum Gasteiger partial charge on any atom is 0.253 e. The van der Waals surface area contributed by atoms with Crippen LogP contribution in [0.3, 0.4) is 0 Å². The SMILES string of the molecule is NC(=O)CC[C@@H]1NC(=O)[C@@H](NC(=O)c2ccc(F)nc2)CSSC[C@@H](C(N)=O)NC(=O)[C@H](CCCN=C(N)N)NC(=O)[C@@H]2CCCN2C(=O)[C@@H]2CCCN2C(=O)[C@H](CCCN=C(N)N)NC1=O. The molecule has 0 radical (unpaired) electrons. The van der Waals surface area contributed by atoms with Crippen LogP contribution in [-0.2, 0) is 38.4 Å². The van der Waals surface area contributed by atoms with E-state index in [9.17, 15) is 47.5 Å². The Hall–Kier alpha value is -6.45. The Bertz CT molecular complexity index is 2040. The molecule has 0 aliphatic carbocycles. The number of carbonyl (C=O) groups excluding carboxylic acids is 9. The quantitative estimate of drug-likeness (QED) is 0.0275. The van der Waals surface area contributed by atoms with Gasteiger partial charge in [0.1, 0.15) is 42.3 Å². The molecule has 4 rings (SSSR count). The molecule has 0 saturated carbocycles. The van der Waals surface area contributed by atoms with Gasteiger partial charge >= 0.3 is 0 Å². The monoisotopic (exact) mass is 978 g/mol. The van der Waals surface area contributed by atoms with E-state index in [2.05, 4.69) is 41.6 Å². The number of nitrogens with one attached hydrogen (secondary N) is 5. The van der Waals surface area contributed by atoms with Crippen LogP contribution in [-0.4, -0.2) is 160 Å². The summed E-state index contributed by atoms with van der Waals surface area (Å²) in [6, 6.07) is -6.86. The number of nitrogens with zero attached hydrogens (tertiary/aromatic N) is 5. The molecule has 1 aromatic rings. The number of rotatable bonds is 14. The average molecular weight is 979 g/mol. The largest absolute Gasteiger partial charge is 0.370 e. The standard InChI is InChI=1S/C39H59FN16O9S2/c40-28-11-9-20(17-49-28)31(59)54-25-19-67-66-18-24(30(42)58)53-32(60)21(5-1-13-47-38(43)44)51-35(63)26-7-3-15-55(26)37(65)27-8-4-16-56(27)36(64)23(6-2-14-48-39(45)46)52-33(61)22(50-34(25)62)10-12-29(41)57/h9,11,17,21-27H,1-8,10,12-16,18-19H2,(H2,41,57)(H2,42,58)(H,50,62)(H,51,63)(H,52,61)(H,53,60)(H,54,59)(H4,43,44,47)(H4,45,46,48)/t21-,22-,23-,24-,25-,26-,27-/m0/s1. The van der Waals surface area contributed by atoms with Crippen LogP contribution < -0.4 is 61.0 Å². The van der Waals surface area contributed by atoms with E-state index in [4.69, 9.17) is 34.4 Å². The molecule has 28 heteroatoms. The predicted octanol–water partition coefficient (Wildman–Crippen LogP) is -4.51. The van der Waals surface area contributed by atoms with E-state index < -0.39 is 108 Å². The molecule has 3 saturated heterocycles. The molecule has 3 aliphatic heterocycles. The average Bonchev–Trinajstić information content (AvgIpc) is 3.98. The van der Waals surface area contributed by atoms with E-state index in [1.54, 1.807) is 0 Å². The summed E-state index contributed by atoms with van der Waals surface area (Å²) in [5, 5.41) is 13.0. The van der Waals surface area contributed by atoms with Crippen molar-refractivity contribution >= 4 is 86.7 Å². The second-order valence-corrected chi connectivity index (χ2v) is 18.4. The number of primary amides is 2. The van der Waals surface area contributed by atoms with Gasteiger partial charge in [-0.1, -0.05) is 21.6 Å². The Balaban J connectivity index is 1.74. The molecule has 1 aromatic heterocycles. The number of aromatic nitrogens is 1. The number of aliphatic imine (C=N–C) groups is 2. The van der Waals surface area contributed by atoms with Crippen molar-refractivity contribution in [1.29, 1.82) is 0 Å². The molecule has 7 atom stereocenters. The van der Waals surface area contributed by atoms with Gasteiger partial charge in [-0.3, -0.25) is 53.1 Å². The lowest BCUT2D eigenvalue weighted by Crippen LogP contribution is -2.59. The number of amides is 9. The Morgan fingerprint density at radius 3 is 1.85 bits per heavy atom. The Labute approximate surface area is 392 Å². The molecular weight excluding hydrogens is 920 g/mol. The van der Waals surface area contributed by atoms with E-state index in [0.717, 1.165) is 39.9 Å². The molecule has 25 nitrogen and oxygen atoms in total. The Morgan fingerprint density at radius 2 is 1.25 bits per heavy atom. The fourth-order valence-electron chi connectivity index (χ4n) is 7.52. The van der Waals surface area contributed by atoms with Crippen LogP contribution in [0.1, 0.15) is 74.6 Å². The van der Waals surface area contributed by atoms with Crippen molar-refractivity contribution in [3.05, 3.63) is 29.8 Å². The number of nitrogens with two attached hydrogens (primary N) is 6. The van der Waals surface area contributed by atoms with Crippen molar-refractivity contribution in [3.8, 4) is 0 Å². The molecule has 9 amide bonds. The minimum Gasteiger partial charge on any atom is -0.370 e. The first kappa shape index (κ1) is 53.2. The van der Waals surface area contributed by atoms with Crippen molar-refractivity contribution in [2.45, 2.75) is 107 Å². The molecule has 17 N–H and O–H groups in total. The zero-order valence-corrected chi connectivity index (χ0v) is 38.3. The topological polar surface area (TPSA) is 414 Å². The molecular formula is C39H59FN16O9S2. The van der Waals surface area contributed by atoms with Gasteiger partial charge in [0.2, 0.25) is 53.2 Å². The maximum absolute atomic E-state index is 14.5. The van der Waals surface area contributed by atoms with Crippen molar-refractivity contribution < 1.29 is 47.5 Å². The predicted molar refractivity (Wildman–Crippen MR) is 245 cm³/mol. The second kappa shape index (κ2) is 26.0. The highest BCUT2D eigenvalue weighted by molar-refractivity contribution is 8.76. The summed E-state index contributed by atoms with van der Waals surface area (Å²) in [6.07, 6.45) is 1.85. The summed E-state index contributed by atoms with van der Waals surface area (Å²) in [5.74, 6) is -8.75. The number of hydrogen-bond acceptors (Lipinski definition) is 14. The number of pyridine rings is 1. The highest BCUT2D eigenvalue weighted by atomic mass is 33.1. The second-order valence-electron chi connectivity index (χ2n) is 15.9. The van der Waals surface area contributed by atoms with Crippen LogP contribution in [0.2, 0.25) is 0 Å². The van der Waals surface area contributed by atoms with Crippen LogP contribution in [0, 0.1) is 5.95 Å². The summed E-state index contributed by atoms with van der Waals surface area (Å²) >= 11 is 0. The first-order chi connectivity index (χ1) is 31.9. The van der Waals surface area contributed by atoms with Gasteiger partial charge in [-0.15, -0.1) is 0 Å². The van der Waals surface area contributed by atoms with Crippen molar-refractivity contribution in [2.75, 3.05) is 37.7 Å². The number of fused-ring (bicyclic) bond motifs is 2. The highest BCUT2D eigenvalue weighted by Crippen LogP contribution is 2.27. The van der Waals surface area contributed by atoms with E-state index in [-0.39, 0.29) is 100 Å².